The van der Waals surface area contributed by atoms with Gasteiger partial charge in [0.2, 0.25) is 5.82 Å². The minimum absolute atomic E-state index is 0.0576. The van der Waals surface area contributed by atoms with E-state index in [1.165, 1.54) is 18.5 Å². The third-order valence-electron chi connectivity index (χ3n) is 2.89. The number of rotatable bonds is 2. The highest BCUT2D eigenvalue weighted by Gasteiger charge is 2.14. The predicted octanol–water partition coefficient (Wildman–Crippen LogP) is 2.95. The quantitative estimate of drug-likeness (QED) is 0.775. The van der Waals surface area contributed by atoms with Crippen LogP contribution in [0.2, 0.25) is 0 Å². The maximum atomic E-state index is 13.5. The Hall–Kier alpha value is -2.76. The number of hydrogen-bond acceptors (Lipinski definition) is 5. The predicted molar refractivity (Wildman–Crippen MR) is 69.3 cm³/mol. The van der Waals surface area contributed by atoms with Crippen LogP contribution < -0.4 is 0 Å². The van der Waals surface area contributed by atoms with Gasteiger partial charge in [0, 0.05) is 11.8 Å². The molecule has 100 valence electrons. The highest BCUT2D eigenvalue weighted by molar-refractivity contribution is 5.64. The van der Waals surface area contributed by atoms with Gasteiger partial charge in [0.15, 0.2) is 0 Å². The molecular weight excluding hydrogens is 261 g/mol. The van der Waals surface area contributed by atoms with Crippen LogP contribution in [0.25, 0.3) is 22.8 Å². The van der Waals surface area contributed by atoms with Gasteiger partial charge in [-0.05, 0) is 24.6 Å². The topological polar surface area (TPSA) is 72.0 Å². The summed E-state index contributed by atoms with van der Waals surface area (Å²) < 4.78 is 18.6. The molecule has 0 radical (unpaired) electrons. The van der Waals surface area contributed by atoms with Gasteiger partial charge in [-0.3, -0.25) is 4.98 Å². The van der Waals surface area contributed by atoms with Crippen molar-refractivity contribution in [2.24, 2.45) is 0 Å². The molecule has 0 bridgehead atoms. The number of nitrogens with zero attached hydrogens (tertiary/aromatic N) is 3. The highest BCUT2D eigenvalue weighted by atomic mass is 19.1. The molecule has 3 rings (SSSR count). The summed E-state index contributed by atoms with van der Waals surface area (Å²) in [7, 11) is 0. The van der Waals surface area contributed by atoms with Crippen LogP contribution in [0.3, 0.4) is 0 Å². The SMILES string of the molecule is Cc1ccc(-c2noc(-c3ccncc3O)n2)cc1F. The summed E-state index contributed by atoms with van der Waals surface area (Å²) in [6.07, 6.45) is 2.79. The lowest BCUT2D eigenvalue weighted by atomic mass is 10.1. The zero-order chi connectivity index (χ0) is 14.1. The molecule has 0 amide bonds. The Morgan fingerprint density at radius 1 is 1.25 bits per heavy atom. The molecule has 3 aromatic rings. The summed E-state index contributed by atoms with van der Waals surface area (Å²) >= 11 is 0. The van der Waals surface area contributed by atoms with Gasteiger partial charge in [0.1, 0.15) is 11.6 Å². The van der Waals surface area contributed by atoms with Gasteiger partial charge in [-0.25, -0.2) is 4.39 Å². The lowest BCUT2D eigenvalue weighted by molar-refractivity contribution is 0.425. The minimum atomic E-state index is -0.333. The molecule has 0 unspecified atom stereocenters. The summed E-state index contributed by atoms with van der Waals surface area (Å²) in [4.78, 5) is 7.92. The van der Waals surface area contributed by atoms with Crippen molar-refractivity contribution in [3.05, 3.63) is 48.0 Å². The molecule has 2 heterocycles. The molecule has 0 aliphatic heterocycles. The fraction of sp³-hybridized carbons (Fsp3) is 0.0714. The van der Waals surface area contributed by atoms with Crippen molar-refractivity contribution in [3.63, 3.8) is 0 Å². The smallest absolute Gasteiger partial charge is 0.262 e. The Bertz CT molecular complexity index is 771. The normalized spacial score (nSPS) is 10.7. The number of aromatic hydroxyl groups is 1. The Balaban J connectivity index is 2.02. The zero-order valence-electron chi connectivity index (χ0n) is 10.5. The lowest BCUT2D eigenvalue weighted by Crippen LogP contribution is -1.86. The van der Waals surface area contributed by atoms with Crippen LogP contribution in [0.5, 0.6) is 5.75 Å². The molecule has 1 aromatic carbocycles. The molecule has 0 aliphatic rings. The van der Waals surface area contributed by atoms with Crippen LogP contribution in [-0.2, 0) is 0 Å². The Kier molecular flexibility index (Phi) is 2.90. The molecule has 0 saturated carbocycles. The second-order valence-electron chi connectivity index (χ2n) is 4.28. The number of pyridine rings is 1. The van der Waals surface area contributed by atoms with Crippen molar-refractivity contribution in [1.82, 2.24) is 15.1 Å². The first-order valence-corrected chi connectivity index (χ1v) is 5.89. The zero-order valence-corrected chi connectivity index (χ0v) is 10.5. The second-order valence-corrected chi connectivity index (χ2v) is 4.28. The van der Waals surface area contributed by atoms with E-state index >= 15 is 0 Å². The minimum Gasteiger partial charge on any atom is -0.505 e. The molecular formula is C14H10FN3O2. The van der Waals surface area contributed by atoms with E-state index in [4.69, 9.17) is 4.52 Å². The van der Waals surface area contributed by atoms with Gasteiger partial charge in [-0.15, -0.1) is 0 Å². The average Bonchev–Trinajstić information content (AvgIpc) is 2.92. The number of aromatic nitrogens is 3. The van der Waals surface area contributed by atoms with Crippen molar-refractivity contribution in [3.8, 4) is 28.6 Å². The van der Waals surface area contributed by atoms with Crippen LogP contribution in [0.4, 0.5) is 4.39 Å². The van der Waals surface area contributed by atoms with E-state index in [0.29, 0.717) is 16.7 Å². The van der Waals surface area contributed by atoms with Gasteiger partial charge in [-0.2, -0.15) is 4.98 Å². The van der Waals surface area contributed by atoms with Crippen molar-refractivity contribution in [1.29, 1.82) is 0 Å². The molecule has 20 heavy (non-hydrogen) atoms. The second kappa shape index (κ2) is 4.73. The molecule has 2 aromatic heterocycles. The summed E-state index contributed by atoms with van der Waals surface area (Å²) in [5, 5.41) is 13.5. The Morgan fingerprint density at radius 2 is 2.10 bits per heavy atom. The van der Waals surface area contributed by atoms with Crippen LogP contribution in [0, 0.1) is 12.7 Å². The highest BCUT2D eigenvalue weighted by Crippen LogP contribution is 2.28. The van der Waals surface area contributed by atoms with Crippen LogP contribution in [-0.4, -0.2) is 20.2 Å². The van der Waals surface area contributed by atoms with Crippen molar-refractivity contribution < 1.29 is 14.0 Å². The molecule has 1 N–H and O–H groups in total. The first-order chi connectivity index (χ1) is 9.65. The summed E-state index contributed by atoms with van der Waals surface area (Å²) in [5.41, 5.74) is 1.44. The Morgan fingerprint density at radius 3 is 2.85 bits per heavy atom. The monoisotopic (exact) mass is 271 g/mol. The maximum Gasteiger partial charge on any atom is 0.262 e. The van der Waals surface area contributed by atoms with E-state index in [1.54, 1.807) is 25.1 Å². The Labute approximate surface area is 113 Å². The largest absolute Gasteiger partial charge is 0.505 e. The third-order valence-corrected chi connectivity index (χ3v) is 2.89. The van der Waals surface area contributed by atoms with Crippen molar-refractivity contribution in [2.45, 2.75) is 6.92 Å². The van der Waals surface area contributed by atoms with Gasteiger partial charge in [-0.1, -0.05) is 17.3 Å². The number of hydrogen-bond donors (Lipinski definition) is 1. The molecule has 0 aliphatic carbocycles. The standard InChI is InChI=1S/C14H10FN3O2/c1-8-2-3-9(6-11(8)15)13-17-14(20-18-13)10-4-5-16-7-12(10)19/h2-7,19H,1H3. The molecule has 0 saturated heterocycles. The first-order valence-electron chi connectivity index (χ1n) is 5.89. The van der Waals surface area contributed by atoms with E-state index < -0.39 is 0 Å². The fourth-order valence-electron chi connectivity index (χ4n) is 1.75. The summed E-state index contributed by atoms with van der Waals surface area (Å²) in [6, 6.07) is 6.25. The van der Waals surface area contributed by atoms with Crippen molar-refractivity contribution >= 4 is 0 Å². The molecule has 5 nitrogen and oxygen atoms in total. The van der Waals surface area contributed by atoms with Gasteiger partial charge < -0.3 is 9.63 Å². The van der Waals surface area contributed by atoms with E-state index in [1.807, 2.05) is 0 Å². The lowest BCUT2D eigenvalue weighted by Gasteiger charge is -1.98. The van der Waals surface area contributed by atoms with E-state index in [0.717, 1.165) is 0 Å². The van der Waals surface area contributed by atoms with Gasteiger partial charge >= 0.3 is 0 Å². The van der Waals surface area contributed by atoms with E-state index in [9.17, 15) is 9.50 Å². The van der Waals surface area contributed by atoms with Crippen LogP contribution >= 0.6 is 0 Å². The van der Waals surface area contributed by atoms with Gasteiger partial charge in [0.25, 0.3) is 5.89 Å². The molecule has 0 spiro atoms. The average molecular weight is 271 g/mol. The van der Waals surface area contributed by atoms with Crippen molar-refractivity contribution in [2.75, 3.05) is 0 Å². The van der Waals surface area contributed by atoms with Crippen LogP contribution in [0.15, 0.2) is 41.2 Å². The summed E-state index contributed by atoms with van der Waals surface area (Å²) in [6.45, 7) is 1.68. The van der Waals surface area contributed by atoms with E-state index in [-0.39, 0.29) is 23.3 Å². The molecule has 6 heteroatoms. The fourth-order valence-corrected chi connectivity index (χ4v) is 1.75. The van der Waals surface area contributed by atoms with Crippen LogP contribution in [0.1, 0.15) is 5.56 Å². The number of benzene rings is 1. The van der Waals surface area contributed by atoms with Gasteiger partial charge in [0.05, 0.1) is 11.8 Å². The maximum absolute atomic E-state index is 13.5. The molecule has 0 atom stereocenters. The summed E-state index contributed by atoms with van der Waals surface area (Å²) in [5.74, 6) is 0.0226. The first kappa shape index (κ1) is 12.3. The number of halogens is 1. The van der Waals surface area contributed by atoms with E-state index in [2.05, 4.69) is 15.1 Å². The molecule has 0 fully saturated rings. The third kappa shape index (κ3) is 2.11. The number of aryl methyl sites for hydroxylation is 1.